The van der Waals surface area contributed by atoms with E-state index in [-0.39, 0.29) is 4.90 Å². The van der Waals surface area contributed by atoms with Gasteiger partial charge in [-0.1, -0.05) is 15.9 Å². The van der Waals surface area contributed by atoms with E-state index in [1.54, 1.807) is 37.3 Å². The highest BCUT2D eigenvalue weighted by atomic mass is 79.9. The molecule has 0 aliphatic rings. The molecule has 0 saturated heterocycles. The van der Waals surface area contributed by atoms with Gasteiger partial charge in [-0.15, -0.1) is 0 Å². The molecule has 0 unspecified atom stereocenters. The van der Waals surface area contributed by atoms with Gasteiger partial charge in [0.15, 0.2) is 11.5 Å². The maximum absolute atomic E-state index is 12.3. The lowest BCUT2D eigenvalue weighted by Gasteiger charge is -2.07. The average molecular weight is 367 g/mol. The van der Waals surface area contributed by atoms with E-state index in [1.165, 1.54) is 12.1 Å². The van der Waals surface area contributed by atoms with Crippen LogP contribution in [0, 0.1) is 6.92 Å². The van der Waals surface area contributed by atoms with E-state index in [4.69, 9.17) is 4.42 Å². The minimum atomic E-state index is -3.62. The number of benzene rings is 2. The van der Waals surface area contributed by atoms with Crippen LogP contribution in [-0.2, 0) is 10.0 Å². The van der Waals surface area contributed by atoms with Crippen LogP contribution in [0.2, 0.25) is 0 Å². The van der Waals surface area contributed by atoms with Crippen molar-refractivity contribution < 1.29 is 12.8 Å². The number of aryl methyl sites for hydroxylation is 1. The molecule has 2 aromatic carbocycles. The van der Waals surface area contributed by atoms with Gasteiger partial charge in [0.1, 0.15) is 5.52 Å². The zero-order chi connectivity index (χ0) is 15.0. The second-order valence-electron chi connectivity index (χ2n) is 4.47. The Morgan fingerprint density at radius 1 is 1.14 bits per heavy atom. The highest BCUT2D eigenvalue weighted by molar-refractivity contribution is 9.10. The molecule has 0 bridgehead atoms. The molecular weight excluding hydrogens is 356 g/mol. The van der Waals surface area contributed by atoms with Crippen LogP contribution < -0.4 is 4.72 Å². The minimum Gasteiger partial charge on any atom is -0.441 e. The van der Waals surface area contributed by atoms with Crippen LogP contribution in [0.25, 0.3) is 11.1 Å². The van der Waals surface area contributed by atoms with Crippen molar-refractivity contribution in [2.75, 3.05) is 4.72 Å². The van der Waals surface area contributed by atoms with E-state index in [0.29, 0.717) is 22.7 Å². The molecule has 0 saturated carbocycles. The van der Waals surface area contributed by atoms with Crippen molar-refractivity contribution in [3.05, 3.63) is 52.8 Å². The minimum absolute atomic E-state index is 0.196. The van der Waals surface area contributed by atoms with Crippen LogP contribution in [0.5, 0.6) is 0 Å². The lowest BCUT2D eigenvalue weighted by Crippen LogP contribution is -2.12. The molecule has 1 heterocycles. The molecule has 0 fully saturated rings. The molecule has 0 amide bonds. The molecule has 0 aliphatic heterocycles. The fourth-order valence-electron chi connectivity index (χ4n) is 1.93. The Bertz CT molecular complexity index is 902. The summed E-state index contributed by atoms with van der Waals surface area (Å²) in [4.78, 5) is 4.38. The summed E-state index contributed by atoms with van der Waals surface area (Å²) in [6.07, 6.45) is 0. The number of sulfonamides is 1. The van der Waals surface area contributed by atoms with E-state index in [9.17, 15) is 8.42 Å². The molecule has 3 rings (SSSR count). The maximum atomic E-state index is 12.3. The third-order valence-corrected chi connectivity index (χ3v) is 4.80. The molecule has 108 valence electrons. The number of aromatic nitrogens is 1. The van der Waals surface area contributed by atoms with E-state index >= 15 is 0 Å². The van der Waals surface area contributed by atoms with Gasteiger partial charge in [0.2, 0.25) is 0 Å². The average Bonchev–Trinajstić information content (AvgIpc) is 2.78. The molecule has 1 aromatic heterocycles. The lowest BCUT2D eigenvalue weighted by atomic mass is 10.3. The Labute approximate surface area is 130 Å². The number of nitrogens with one attached hydrogen (secondary N) is 1. The SMILES string of the molecule is Cc1nc2cc(NS(=O)(=O)c3ccc(Br)cc3)ccc2o1. The summed E-state index contributed by atoms with van der Waals surface area (Å²) in [5, 5.41) is 0. The molecule has 0 radical (unpaired) electrons. The largest absolute Gasteiger partial charge is 0.441 e. The van der Waals surface area contributed by atoms with Crippen molar-refractivity contribution in [3.8, 4) is 0 Å². The highest BCUT2D eigenvalue weighted by Gasteiger charge is 2.14. The van der Waals surface area contributed by atoms with E-state index in [0.717, 1.165) is 4.47 Å². The molecular formula is C14H11BrN2O3S. The zero-order valence-corrected chi connectivity index (χ0v) is 13.4. The van der Waals surface area contributed by atoms with Crippen molar-refractivity contribution in [3.63, 3.8) is 0 Å². The van der Waals surface area contributed by atoms with Crippen molar-refractivity contribution in [1.82, 2.24) is 4.98 Å². The summed E-state index contributed by atoms with van der Waals surface area (Å²) in [5.74, 6) is 0.540. The molecule has 5 nitrogen and oxygen atoms in total. The fraction of sp³-hybridized carbons (Fsp3) is 0.0714. The van der Waals surface area contributed by atoms with E-state index in [1.807, 2.05) is 0 Å². The van der Waals surface area contributed by atoms with Crippen LogP contribution >= 0.6 is 15.9 Å². The molecule has 7 heteroatoms. The van der Waals surface area contributed by atoms with Crippen LogP contribution in [0.15, 0.2) is 56.2 Å². The summed E-state index contributed by atoms with van der Waals surface area (Å²) in [7, 11) is -3.62. The van der Waals surface area contributed by atoms with Crippen LogP contribution in [0.1, 0.15) is 5.89 Å². The normalized spacial score (nSPS) is 11.7. The predicted octanol–water partition coefficient (Wildman–Crippen LogP) is 3.70. The summed E-state index contributed by atoms with van der Waals surface area (Å²) in [5.41, 5.74) is 1.68. The van der Waals surface area contributed by atoms with Crippen molar-refractivity contribution in [2.45, 2.75) is 11.8 Å². The number of hydrogen-bond donors (Lipinski definition) is 1. The Morgan fingerprint density at radius 2 is 1.86 bits per heavy atom. The molecule has 21 heavy (non-hydrogen) atoms. The molecule has 0 aliphatic carbocycles. The molecule has 3 aromatic rings. The van der Waals surface area contributed by atoms with Gasteiger partial charge in [0.05, 0.1) is 10.6 Å². The van der Waals surface area contributed by atoms with Crippen molar-refractivity contribution in [2.24, 2.45) is 0 Å². The third kappa shape index (κ3) is 2.93. The summed E-state index contributed by atoms with van der Waals surface area (Å²) >= 11 is 3.27. The third-order valence-electron chi connectivity index (χ3n) is 2.87. The monoisotopic (exact) mass is 366 g/mol. The van der Waals surface area contributed by atoms with Gasteiger partial charge in [-0.3, -0.25) is 4.72 Å². The van der Waals surface area contributed by atoms with Crippen molar-refractivity contribution in [1.29, 1.82) is 0 Å². The zero-order valence-electron chi connectivity index (χ0n) is 11.0. The summed E-state index contributed by atoms with van der Waals surface area (Å²) < 4.78 is 33.3. The quantitative estimate of drug-likeness (QED) is 0.766. The van der Waals surface area contributed by atoms with Gasteiger partial charge in [-0.25, -0.2) is 13.4 Å². The molecule has 0 atom stereocenters. The van der Waals surface area contributed by atoms with E-state index in [2.05, 4.69) is 25.6 Å². The van der Waals surface area contributed by atoms with Crippen LogP contribution in [-0.4, -0.2) is 13.4 Å². The fourth-order valence-corrected chi connectivity index (χ4v) is 3.25. The molecule has 0 spiro atoms. The predicted molar refractivity (Wildman–Crippen MR) is 83.7 cm³/mol. The number of nitrogens with zero attached hydrogens (tertiary/aromatic N) is 1. The number of hydrogen-bond acceptors (Lipinski definition) is 4. The number of halogens is 1. The summed E-state index contributed by atoms with van der Waals surface area (Å²) in [6, 6.07) is 11.4. The maximum Gasteiger partial charge on any atom is 0.261 e. The van der Waals surface area contributed by atoms with Gasteiger partial charge < -0.3 is 4.42 Å². The topological polar surface area (TPSA) is 72.2 Å². The number of anilines is 1. The lowest BCUT2D eigenvalue weighted by molar-refractivity contribution is 0.561. The van der Waals surface area contributed by atoms with Gasteiger partial charge in [0, 0.05) is 11.4 Å². The number of oxazole rings is 1. The van der Waals surface area contributed by atoms with Gasteiger partial charge >= 0.3 is 0 Å². The van der Waals surface area contributed by atoms with Crippen molar-refractivity contribution >= 4 is 42.7 Å². The van der Waals surface area contributed by atoms with Gasteiger partial charge in [-0.2, -0.15) is 0 Å². The first-order valence-corrected chi connectivity index (χ1v) is 8.37. The Hall–Kier alpha value is -1.86. The van der Waals surface area contributed by atoms with E-state index < -0.39 is 10.0 Å². The molecule has 1 N–H and O–H groups in total. The Morgan fingerprint density at radius 3 is 2.57 bits per heavy atom. The second-order valence-corrected chi connectivity index (χ2v) is 7.07. The summed E-state index contributed by atoms with van der Waals surface area (Å²) in [6.45, 7) is 1.74. The second kappa shape index (κ2) is 5.16. The smallest absolute Gasteiger partial charge is 0.261 e. The Kier molecular flexibility index (Phi) is 3.46. The highest BCUT2D eigenvalue weighted by Crippen LogP contribution is 2.22. The van der Waals surface area contributed by atoms with Crippen LogP contribution in [0.4, 0.5) is 5.69 Å². The van der Waals surface area contributed by atoms with Gasteiger partial charge in [0.25, 0.3) is 10.0 Å². The van der Waals surface area contributed by atoms with Crippen LogP contribution in [0.3, 0.4) is 0 Å². The first kappa shape index (κ1) is 14.1. The first-order chi connectivity index (χ1) is 9.94. The first-order valence-electron chi connectivity index (χ1n) is 6.10. The van der Waals surface area contributed by atoms with Gasteiger partial charge in [-0.05, 0) is 42.5 Å². The Balaban J connectivity index is 1.94. The number of rotatable bonds is 3. The standard InChI is InChI=1S/C14H11BrN2O3S/c1-9-16-13-8-11(4-7-14(13)20-9)17-21(18,19)12-5-2-10(15)3-6-12/h2-8,17H,1H3. The number of fused-ring (bicyclic) bond motifs is 1.